The molecular formula is C24H30N2O2S. The molecule has 0 saturated heterocycles. The molecule has 1 heterocycles. The molecule has 0 bridgehead atoms. The number of phenols is 1. The van der Waals surface area contributed by atoms with Crippen LogP contribution >= 0.6 is 0 Å². The Morgan fingerprint density at radius 2 is 1.52 bits per heavy atom. The molecular weight excluding hydrogens is 380 g/mol. The van der Waals surface area contributed by atoms with E-state index in [1.807, 2.05) is 42.5 Å². The van der Waals surface area contributed by atoms with Crippen molar-refractivity contribution in [2.75, 3.05) is 0 Å². The minimum Gasteiger partial charge on any atom is -0.507 e. The Bertz CT molecular complexity index is 990. The quantitative estimate of drug-likeness (QED) is 0.581. The van der Waals surface area contributed by atoms with Crippen LogP contribution in [0.4, 0.5) is 0 Å². The van der Waals surface area contributed by atoms with E-state index < -0.39 is 10.8 Å². The van der Waals surface area contributed by atoms with E-state index in [1.165, 1.54) is 0 Å². The van der Waals surface area contributed by atoms with Gasteiger partial charge in [-0.2, -0.15) is 0 Å². The third kappa shape index (κ3) is 4.78. The van der Waals surface area contributed by atoms with Crippen LogP contribution in [0, 0.1) is 0 Å². The van der Waals surface area contributed by atoms with E-state index >= 15 is 0 Å². The maximum absolute atomic E-state index is 12.7. The molecule has 0 aliphatic heterocycles. The Morgan fingerprint density at radius 1 is 0.966 bits per heavy atom. The van der Waals surface area contributed by atoms with E-state index in [1.54, 1.807) is 6.20 Å². The van der Waals surface area contributed by atoms with Gasteiger partial charge >= 0.3 is 0 Å². The predicted molar refractivity (Wildman–Crippen MR) is 120 cm³/mol. The van der Waals surface area contributed by atoms with Crippen LogP contribution in [-0.4, -0.2) is 19.3 Å². The monoisotopic (exact) mass is 410 g/mol. The average Bonchev–Trinajstić information content (AvgIpc) is 3.11. The van der Waals surface area contributed by atoms with Crippen molar-refractivity contribution in [3.05, 3.63) is 65.4 Å². The van der Waals surface area contributed by atoms with Crippen LogP contribution in [0.25, 0.3) is 11.3 Å². The Labute approximate surface area is 175 Å². The number of H-pyrrole nitrogens is 1. The summed E-state index contributed by atoms with van der Waals surface area (Å²) in [5.41, 5.74) is 4.12. The van der Waals surface area contributed by atoms with Crippen molar-refractivity contribution in [2.45, 2.75) is 63.3 Å². The Balaban J connectivity index is 2.00. The highest BCUT2D eigenvalue weighted by Gasteiger charge is 2.27. The molecule has 0 aliphatic carbocycles. The van der Waals surface area contributed by atoms with Crippen LogP contribution in [0.1, 0.15) is 58.2 Å². The summed E-state index contributed by atoms with van der Waals surface area (Å²) in [7, 11) is -1.25. The fourth-order valence-electron chi connectivity index (χ4n) is 3.29. The zero-order valence-electron chi connectivity index (χ0n) is 18.0. The molecule has 4 nitrogen and oxygen atoms in total. The maximum atomic E-state index is 12.7. The lowest BCUT2D eigenvalue weighted by Crippen LogP contribution is -2.17. The fraction of sp³-hybridized carbons (Fsp3) is 0.375. The van der Waals surface area contributed by atoms with Gasteiger partial charge in [0, 0.05) is 16.7 Å². The van der Waals surface area contributed by atoms with Crippen LogP contribution in [0.15, 0.2) is 53.8 Å². The van der Waals surface area contributed by atoms with E-state index in [9.17, 15) is 9.32 Å². The first kappa shape index (κ1) is 21.3. The molecule has 5 heteroatoms. The highest BCUT2D eigenvalue weighted by atomic mass is 32.2. The summed E-state index contributed by atoms with van der Waals surface area (Å²) in [5, 5.41) is 11.4. The maximum Gasteiger partial charge on any atom is 0.197 e. The number of nitrogens with one attached hydrogen (secondary N) is 1. The molecule has 0 aliphatic rings. The molecule has 0 saturated carbocycles. The summed E-state index contributed by atoms with van der Waals surface area (Å²) in [6, 6.07) is 13.8. The van der Waals surface area contributed by atoms with Crippen LogP contribution < -0.4 is 0 Å². The van der Waals surface area contributed by atoms with Crippen molar-refractivity contribution >= 4 is 10.8 Å². The van der Waals surface area contributed by atoms with Gasteiger partial charge in [0.25, 0.3) is 0 Å². The largest absolute Gasteiger partial charge is 0.507 e. The number of imidazole rings is 1. The van der Waals surface area contributed by atoms with Crippen LogP contribution in [0.5, 0.6) is 5.75 Å². The lowest BCUT2D eigenvalue weighted by molar-refractivity contribution is 0.423. The Hall–Kier alpha value is -2.40. The number of aromatic nitrogens is 2. The van der Waals surface area contributed by atoms with Gasteiger partial charge in [0.15, 0.2) is 5.16 Å². The minimum absolute atomic E-state index is 0.209. The van der Waals surface area contributed by atoms with Gasteiger partial charge in [0.05, 0.1) is 28.4 Å². The van der Waals surface area contributed by atoms with Gasteiger partial charge in [0.2, 0.25) is 0 Å². The number of benzene rings is 2. The summed E-state index contributed by atoms with van der Waals surface area (Å²) >= 11 is 0. The number of aromatic amines is 1. The number of nitrogens with zero attached hydrogens (tertiary/aromatic N) is 1. The molecule has 3 aromatic rings. The minimum atomic E-state index is -1.25. The molecule has 1 atom stereocenters. The molecule has 2 aromatic carbocycles. The first-order valence-corrected chi connectivity index (χ1v) is 11.1. The lowest BCUT2D eigenvalue weighted by Gasteiger charge is -2.28. The number of hydrogen-bond donors (Lipinski definition) is 2. The Kier molecular flexibility index (Phi) is 5.72. The molecule has 29 heavy (non-hydrogen) atoms. The smallest absolute Gasteiger partial charge is 0.197 e. The molecule has 1 unspecified atom stereocenters. The van der Waals surface area contributed by atoms with Crippen molar-refractivity contribution in [3.8, 4) is 17.0 Å². The van der Waals surface area contributed by atoms with Crippen molar-refractivity contribution in [1.82, 2.24) is 9.97 Å². The van der Waals surface area contributed by atoms with Crippen LogP contribution in [0.3, 0.4) is 0 Å². The van der Waals surface area contributed by atoms with Crippen molar-refractivity contribution < 1.29 is 9.32 Å². The number of hydrogen-bond acceptors (Lipinski definition) is 3. The molecule has 3 rings (SSSR count). The summed E-state index contributed by atoms with van der Waals surface area (Å²) < 4.78 is 12.7. The molecule has 0 amide bonds. The fourth-order valence-corrected chi connectivity index (χ4v) is 4.32. The highest BCUT2D eigenvalue weighted by molar-refractivity contribution is 7.84. The van der Waals surface area contributed by atoms with Gasteiger partial charge in [-0.25, -0.2) is 4.98 Å². The van der Waals surface area contributed by atoms with E-state index in [0.717, 1.165) is 27.9 Å². The van der Waals surface area contributed by atoms with Crippen molar-refractivity contribution in [3.63, 3.8) is 0 Å². The third-order valence-corrected chi connectivity index (χ3v) is 6.18. The van der Waals surface area contributed by atoms with Crippen LogP contribution in [0.2, 0.25) is 0 Å². The second kappa shape index (κ2) is 7.79. The van der Waals surface area contributed by atoms with E-state index in [2.05, 4.69) is 51.5 Å². The summed E-state index contributed by atoms with van der Waals surface area (Å²) in [5.74, 6) is 0.769. The summed E-state index contributed by atoms with van der Waals surface area (Å²) in [6.07, 6.45) is 1.73. The standard InChI is InChI=1S/C24H30N2O2S/c1-23(2,3)18-12-17(13-19(21(18)27)24(4,5)6)20-14-25-22(26-20)29(28)15-16-10-8-7-9-11-16/h7-14,27H,15H2,1-6H3,(H,25,26). The lowest BCUT2D eigenvalue weighted by atomic mass is 9.78. The average molecular weight is 411 g/mol. The van der Waals surface area contributed by atoms with Crippen molar-refractivity contribution in [1.29, 1.82) is 0 Å². The Morgan fingerprint density at radius 3 is 2.03 bits per heavy atom. The molecule has 0 spiro atoms. The topological polar surface area (TPSA) is 66.0 Å². The van der Waals surface area contributed by atoms with Gasteiger partial charge in [-0.05, 0) is 28.5 Å². The van der Waals surface area contributed by atoms with Crippen LogP contribution in [-0.2, 0) is 27.4 Å². The first-order chi connectivity index (χ1) is 13.5. The highest BCUT2D eigenvalue weighted by Crippen LogP contribution is 2.41. The molecule has 2 N–H and O–H groups in total. The second-order valence-corrected chi connectivity index (χ2v) is 10.9. The van der Waals surface area contributed by atoms with Gasteiger partial charge < -0.3 is 10.1 Å². The number of aromatic hydroxyl groups is 1. The normalized spacial score (nSPS) is 13.4. The van der Waals surface area contributed by atoms with Gasteiger partial charge in [-0.3, -0.25) is 4.21 Å². The molecule has 1 aromatic heterocycles. The summed E-state index contributed by atoms with van der Waals surface area (Å²) in [4.78, 5) is 7.61. The van der Waals surface area contributed by atoms with Gasteiger partial charge in [0.1, 0.15) is 5.75 Å². The van der Waals surface area contributed by atoms with Crippen molar-refractivity contribution in [2.24, 2.45) is 0 Å². The summed E-state index contributed by atoms with van der Waals surface area (Å²) in [6.45, 7) is 12.5. The van der Waals surface area contributed by atoms with E-state index in [-0.39, 0.29) is 10.8 Å². The number of phenolic OH excluding ortho intramolecular Hbond substituents is 1. The van der Waals surface area contributed by atoms with E-state index in [0.29, 0.717) is 16.7 Å². The van der Waals surface area contributed by atoms with E-state index in [4.69, 9.17) is 0 Å². The molecule has 0 radical (unpaired) electrons. The van der Waals surface area contributed by atoms with Gasteiger partial charge in [-0.1, -0.05) is 71.9 Å². The predicted octanol–water partition coefficient (Wildman–Crippen LogP) is 5.69. The third-order valence-electron chi connectivity index (χ3n) is 4.95. The molecule has 0 fully saturated rings. The zero-order valence-corrected chi connectivity index (χ0v) is 18.9. The SMILES string of the molecule is CC(C)(C)c1cc(-c2cnc(S(=O)Cc3ccccc3)[nH]2)cc(C(C)(C)C)c1O. The first-order valence-electron chi connectivity index (χ1n) is 9.82. The second-order valence-electron chi connectivity index (χ2n) is 9.50. The van der Waals surface area contributed by atoms with Gasteiger partial charge in [-0.15, -0.1) is 0 Å². The zero-order chi connectivity index (χ0) is 21.4. The number of rotatable bonds is 4. The molecule has 154 valence electrons.